The number of carbonyl (C=O) groups excluding carboxylic acids is 2. The molecule has 24 heavy (non-hydrogen) atoms. The molecule has 2 fully saturated rings. The van der Waals surface area contributed by atoms with E-state index in [1.165, 1.54) is 0 Å². The van der Waals surface area contributed by atoms with Crippen LogP contribution in [0.25, 0.3) is 0 Å². The summed E-state index contributed by atoms with van der Waals surface area (Å²) < 4.78 is 5.27. The lowest BCUT2D eigenvalue weighted by Crippen LogP contribution is -2.49. The minimum Gasteiger partial charge on any atom is -0.481 e. The van der Waals surface area contributed by atoms with E-state index in [9.17, 15) is 9.59 Å². The molecule has 1 aromatic heterocycles. The number of nitrogens with one attached hydrogen (secondary N) is 1. The van der Waals surface area contributed by atoms with Gasteiger partial charge in [0.2, 0.25) is 17.7 Å². The van der Waals surface area contributed by atoms with Crippen molar-refractivity contribution in [3.8, 4) is 5.88 Å². The van der Waals surface area contributed by atoms with E-state index in [4.69, 9.17) is 4.74 Å². The molecule has 1 saturated heterocycles. The highest BCUT2D eigenvalue weighted by Crippen LogP contribution is 2.32. The minimum atomic E-state index is -0.368. The summed E-state index contributed by atoms with van der Waals surface area (Å²) in [6.07, 6.45) is 3.04. The van der Waals surface area contributed by atoms with Gasteiger partial charge in [-0.05, 0) is 25.8 Å². The van der Waals surface area contributed by atoms with Crippen molar-refractivity contribution in [1.82, 2.24) is 15.2 Å². The molecule has 2 aliphatic rings. The SMILES string of the molecule is COc1nc(C)ccc1CNC(=O)[C@H]1CSCN1C(=O)C1CCC1. The standard InChI is InChI=1S/C17H23N3O3S/c1-11-6-7-13(16(19-11)23-2)8-18-15(21)14-9-24-10-20(14)17(22)12-4-3-5-12/h6-7,12,14H,3-5,8-10H2,1-2H3,(H,18,21)/t14-/m1/s1. The van der Waals surface area contributed by atoms with Crippen LogP contribution in [0.5, 0.6) is 5.88 Å². The summed E-state index contributed by atoms with van der Waals surface area (Å²) in [5.74, 6) is 1.96. The van der Waals surface area contributed by atoms with Gasteiger partial charge in [0.25, 0.3) is 0 Å². The quantitative estimate of drug-likeness (QED) is 0.876. The predicted molar refractivity (Wildman–Crippen MR) is 92.7 cm³/mol. The molecule has 0 unspecified atom stereocenters. The normalized spacial score (nSPS) is 20.6. The molecule has 2 amide bonds. The van der Waals surface area contributed by atoms with Crippen LogP contribution in [0.15, 0.2) is 12.1 Å². The zero-order chi connectivity index (χ0) is 17.1. The molecule has 130 valence electrons. The fourth-order valence-electron chi connectivity index (χ4n) is 2.94. The first-order valence-electron chi connectivity index (χ1n) is 8.26. The Bertz CT molecular complexity index is 634. The zero-order valence-electron chi connectivity index (χ0n) is 14.1. The molecule has 0 radical (unpaired) electrons. The van der Waals surface area contributed by atoms with Gasteiger partial charge in [-0.15, -0.1) is 11.8 Å². The second kappa shape index (κ2) is 7.42. The average Bonchev–Trinajstić information content (AvgIpc) is 3.01. The second-order valence-corrected chi connectivity index (χ2v) is 7.29. The molecular formula is C17H23N3O3S. The Morgan fingerprint density at radius 2 is 2.21 bits per heavy atom. The van der Waals surface area contributed by atoms with E-state index < -0.39 is 0 Å². The van der Waals surface area contributed by atoms with Crippen LogP contribution in [0, 0.1) is 12.8 Å². The molecular weight excluding hydrogens is 326 g/mol. The Hall–Kier alpha value is -1.76. The van der Waals surface area contributed by atoms with E-state index in [2.05, 4.69) is 10.3 Å². The van der Waals surface area contributed by atoms with Crippen LogP contribution in [0.1, 0.15) is 30.5 Å². The van der Waals surface area contributed by atoms with Crippen LogP contribution in [-0.2, 0) is 16.1 Å². The number of ether oxygens (including phenoxy) is 1. The topological polar surface area (TPSA) is 71.5 Å². The Morgan fingerprint density at radius 1 is 1.42 bits per heavy atom. The van der Waals surface area contributed by atoms with Crippen molar-refractivity contribution in [1.29, 1.82) is 0 Å². The number of methoxy groups -OCH3 is 1. The van der Waals surface area contributed by atoms with Crippen LogP contribution >= 0.6 is 11.8 Å². The number of nitrogens with zero attached hydrogens (tertiary/aromatic N) is 2. The third-order valence-electron chi connectivity index (χ3n) is 4.65. The van der Waals surface area contributed by atoms with Gasteiger partial charge in [-0.2, -0.15) is 0 Å². The Kier molecular flexibility index (Phi) is 5.28. The van der Waals surface area contributed by atoms with Gasteiger partial charge >= 0.3 is 0 Å². The number of aryl methyl sites for hydroxylation is 1. The second-order valence-electron chi connectivity index (χ2n) is 6.29. The summed E-state index contributed by atoms with van der Waals surface area (Å²) in [6.45, 7) is 2.24. The van der Waals surface area contributed by atoms with E-state index in [0.717, 1.165) is 30.5 Å². The molecule has 1 atom stereocenters. The van der Waals surface area contributed by atoms with Gasteiger partial charge in [-0.25, -0.2) is 4.98 Å². The third-order valence-corrected chi connectivity index (χ3v) is 5.66. The van der Waals surface area contributed by atoms with Crippen LogP contribution in [0.4, 0.5) is 0 Å². The predicted octanol–water partition coefficient (Wildman–Crippen LogP) is 1.72. The van der Waals surface area contributed by atoms with Crippen molar-refractivity contribution in [3.63, 3.8) is 0 Å². The molecule has 0 aromatic carbocycles. The van der Waals surface area contributed by atoms with E-state index in [0.29, 0.717) is 24.1 Å². The lowest BCUT2D eigenvalue weighted by atomic mass is 9.84. The highest BCUT2D eigenvalue weighted by Gasteiger charge is 2.39. The molecule has 1 saturated carbocycles. The van der Waals surface area contributed by atoms with Crippen molar-refractivity contribution in [3.05, 3.63) is 23.4 Å². The monoisotopic (exact) mass is 349 g/mol. The first-order valence-corrected chi connectivity index (χ1v) is 9.42. The van der Waals surface area contributed by atoms with Crippen LogP contribution < -0.4 is 10.1 Å². The highest BCUT2D eigenvalue weighted by molar-refractivity contribution is 7.99. The van der Waals surface area contributed by atoms with Crippen LogP contribution in [0.2, 0.25) is 0 Å². The third kappa shape index (κ3) is 3.50. The Morgan fingerprint density at radius 3 is 2.88 bits per heavy atom. The van der Waals surface area contributed by atoms with E-state index >= 15 is 0 Å². The smallest absolute Gasteiger partial charge is 0.243 e. The van der Waals surface area contributed by atoms with Gasteiger partial charge in [0.05, 0.1) is 13.0 Å². The number of hydrogen-bond acceptors (Lipinski definition) is 5. The van der Waals surface area contributed by atoms with E-state index in [1.54, 1.807) is 23.8 Å². The van der Waals surface area contributed by atoms with Crippen molar-refractivity contribution < 1.29 is 14.3 Å². The first-order chi connectivity index (χ1) is 11.6. The summed E-state index contributed by atoms with van der Waals surface area (Å²) >= 11 is 1.64. The summed E-state index contributed by atoms with van der Waals surface area (Å²) in [5.41, 5.74) is 1.70. The molecule has 3 rings (SSSR count). The fraction of sp³-hybridized carbons (Fsp3) is 0.588. The molecule has 1 aliphatic carbocycles. The fourth-order valence-corrected chi connectivity index (χ4v) is 4.10. The molecule has 0 bridgehead atoms. The Balaban J connectivity index is 1.61. The maximum absolute atomic E-state index is 12.5. The first kappa shape index (κ1) is 17.1. The molecule has 0 spiro atoms. The molecule has 1 aliphatic heterocycles. The molecule has 2 heterocycles. The Labute approximate surface area is 146 Å². The number of amides is 2. The highest BCUT2D eigenvalue weighted by atomic mass is 32.2. The van der Waals surface area contributed by atoms with Gasteiger partial charge in [-0.3, -0.25) is 9.59 Å². The number of thioether (sulfide) groups is 1. The summed E-state index contributed by atoms with van der Waals surface area (Å²) in [5, 5.41) is 2.93. The lowest BCUT2D eigenvalue weighted by molar-refractivity contribution is -0.143. The van der Waals surface area contributed by atoms with Crippen molar-refractivity contribution >= 4 is 23.6 Å². The summed E-state index contributed by atoms with van der Waals surface area (Å²) in [7, 11) is 1.57. The molecule has 1 N–H and O–H groups in total. The van der Waals surface area contributed by atoms with Gasteiger partial charge in [0.15, 0.2) is 0 Å². The zero-order valence-corrected chi connectivity index (χ0v) is 14.9. The lowest BCUT2D eigenvalue weighted by Gasteiger charge is -2.31. The van der Waals surface area contributed by atoms with Crippen molar-refractivity contribution in [2.75, 3.05) is 18.7 Å². The maximum atomic E-state index is 12.5. The average molecular weight is 349 g/mol. The summed E-state index contributed by atoms with van der Waals surface area (Å²) in [4.78, 5) is 31.1. The largest absolute Gasteiger partial charge is 0.481 e. The van der Waals surface area contributed by atoms with Crippen LogP contribution in [0.3, 0.4) is 0 Å². The van der Waals surface area contributed by atoms with Crippen molar-refractivity contribution in [2.24, 2.45) is 5.92 Å². The number of aromatic nitrogens is 1. The van der Waals surface area contributed by atoms with Crippen LogP contribution in [-0.4, -0.2) is 46.5 Å². The minimum absolute atomic E-state index is 0.102. The van der Waals surface area contributed by atoms with E-state index in [-0.39, 0.29) is 23.8 Å². The maximum Gasteiger partial charge on any atom is 0.243 e. The number of carbonyl (C=O) groups is 2. The van der Waals surface area contributed by atoms with Gasteiger partial charge < -0.3 is 15.0 Å². The van der Waals surface area contributed by atoms with Gasteiger partial charge in [0.1, 0.15) is 6.04 Å². The molecule has 1 aromatic rings. The molecule has 6 nitrogen and oxygen atoms in total. The number of hydrogen-bond donors (Lipinski definition) is 1. The molecule has 7 heteroatoms. The number of rotatable bonds is 5. The number of pyridine rings is 1. The van der Waals surface area contributed by atoms with Gasteiger partial charge in [0, 0.05) is 29.5 Å². The van der Waals surface area contributed by atoms with E-state index in [1.807, 2.05) is 19.1 Å². The van der Waals surface area contributed by atoms with Crippen molar-refractivity contribution in [2.45, 2.75) is 38.8 Å². The summed E-state index contributed by atoms with van der Waals surface area (Å²) in [6, 6.07) is 3.43. The van der Waals surface area contributed by atoms with Gasteiger partial charge in [-0.1, -0.05) is 12.5 Å².